The van der Waals surface area contributed by atoms with Crippen molar-refractivity contribution in [3.8, 4) is 0 Å². The van der Waals surface area contributed by atoms with Gasteiger partial charge >= 0.3 is 5.97 Å². The summed E-state index contributed by atoms with van der Waals surface area (Å²) in [7, 11) is 1.61. The van der Waals surface area contributed by atoms with E-state index < -0.39 is 11.2 Å². The third-order valence-corrected chi connectivity index (χ3v) is 2.47. The number of hydrogen-bond donors (Lipinski definition) is 1. The molecule has 1 aromatic carbocycles. The van der Waals surface area contributed by atoms with E-state index in [0.717, 1.165) is 0 Å². The molecule has 1 heterocycles. The molecule has 2 rings (SSSR count). The Hall–Kier alpha value is -1.88. The highest BCUT2D eigenvalue weighted by Crippen LogP contribution is 2.17. The Morgan fingerprint density at radius 1 is 1.44 bits per heavy atom. The average Bonchev–Trinajstić information content (AvgIpc) is 2.56. The lowest BCUT2D eigenvalue weighted by molar-refractivity contribution is 0.0697. The Kier molecular flexibility index (Phi) is 2.40. The Labute approximate surface area is 95.3 Å². The van der Waals surface area contributed by atoms with Crippen molar-refractivity contribution in [2.45, 2.75) is 0 Å². The summed E-state index contributed by atoms with van der Waals surface area (Å²) in [5, 5.41) is 8.16. The molecule has 0 aliphatic rings. The van der Waals surface area contributed by atoms with Crippen molar-refractivity contribution in [1.29, 1.82) is 0 Å². The van der Waals surface area contributed by atoms with E-state index >= 15 is 0 Å². The van der Waals surface area contributed by atoms with Crippen LogP contribution in [0.15, 0.2) is 18.2 Å². The Bertz CT molecular complexity index is 603. The third kappa shape index (κ3) is 1.55. The maximum absolute atomic E-state index is 11.0. The number of carbonyl (C=O) groups excluding carboxylic acids is 1. The van der Waals surface area contributed by atoms with E-state index in [0.29, 0.717) is 11.0 Å². The van der Waals surface area contributed by atoms with Crippen LogP contribution in [0.3, 0.4) is 0 Å². The molecule has 5 nitrogen and oxygen atoms in total. The van der Waals surface area contributed by atoms with Gasteiger partial charge in [-0.1, -0.05) is 0 Å². The largest absolute Gasteiger partial charge is 0.478 e. The number of aryl methyl sites for hydroxylation is 1. The molecule has 0 radical (unpaired) electrons. The van der Waals surface area contributed by atoms with Gasteiger partial charge in [0.05, 0.1) is 16.6 Å². The van der Waals surface area contributed by atoms with Crippen LogP contribution >= 0.6 is 11.6 Å². The maximum Gasteiger partial charge on any atom is 0.335 e. The van der Waals surface area contributed by atoms with Crippen LogP contribution in [-0.2, 0) is 7.05 Å². The second-order valence-electron chi connectivity index (χ2n) is 3.28. The molecule has 0 spiro atoms. The van der Waals surface area contributed by atoms with Crippen LogP contribution in [0.5, 0.6) is 0 Å². The molecular formula is C10H7ClN2O3. The first-order valence-electron chi connectivity index (χ1n) is 4.40. The zero-order valence-electron chi connectivity index (χ0n) is 8.27. The second kappa shape index (κ2) is 3.61. The van der Waals surface area contributed by atoms with Gasteiger partial charge in [-0.3, -0.25) is 4.79 Å². The highest BCUT2D eigenvalue weighted by atomic mass is 35.5. The highest BCUT2D eigenvalue weighted by Gasteiger charge is 2.14. The van der Waals surface area contributed by atoms with Crippen molar-refractivity contribution in [2.24, 2.45) is 7.05 Å². The van der Waals surface area contributed by atoms with E-state index in [9.17, 15) is 9.59 Å². The summed E-state index contributed by atoms with van der Waals surface area (Å²) in [6.07, 6.45) is 0. The minimum absolute atomic E-state index is 0.0965. The summed E-state index contributed by atoms with van der Waals surface area (Å²) in [6.45, 7) is 0. The van der Waals surface area contributed by atoms with Crippen molar-refractivity contribution >= 4 is 33.8 Å². The number of imidazole rings is 1. The molecule has 1 aromatic heterocycles. The zero-order valence-corrected chi connectivity index (χ0v) is 9.02. The number of hydrogen-bond acceptors (Lipinski definition) is 3. The first-order valence-corrected chi connectivity index (χ1v) is 4.78. The summed E-state index contributed by atoms with van der Waals surface area (Å²) in [6, 6.07) is 4.43. The molecule has 0 bridgehead atoms. The first-order chi connectivity index (χ1) is 7.50. The smallest absolute Gasteiger partial charge is 0.335 e. The van der Waals surface area contributed by atoms with Gasteiger partial charge in [0.25, 0.3) is 5.24 Å². The van der Waals surface area contributed by atoms with E-state index in [-0.39, 0.29) is 11.4 Å². The Morgan fingerprint density at radius 2 is 2.12 bits per heavy atom. The second-order valence-corrected chi connectivity index (χ2v) is 3.62. The molecular weight excluding hydrogens is 232 g/mol. The molecule has 0 unspecified atom stereocenters. The number of aromatic carboxylic acids is 1. The number of benzene rings is 1. The lowest BCUT2D eigenvalue weighted by atomic mass is 10.2. The van der Waals surface area contributed by atoms with E-state index in [1.54, 1.807) is 13.1 Å². The normalized spacial score (nSPS) is 10.6. The van der Waals surface area contributed by atoms with E-state index in [4.69, 9.17) is 16.7 Å². The number of rotatable bonds is 2. The van der Waals surface area contributed by atoms with Crippen LogP contribution < -0.4 is 0 Å². The van der Waals surface area contributed by atoms with Crippen molar-refractivity contribution in [2.75, 3.05) is 0 Å². The number of nitrogens with zero attached hydrogens (tertiary/aromatic N) is 2. The first kappa shape index (κ1) is 10.6. The maximum atomic E-state index is 11.0. The molecule has 6 heteroatoms. The van der Waals surface area contributed by atoms with Crippen molar-refractivity contribution in [1.82, 2.24) is 9.55 Å². The number of carbonyl (C=O) groups is 2. The van der Waals surface area contributed by atoms with Gasteiger partial charge in [-0.05, 0) is 29.8 Å². The van der Waals surface area contributed by atoms with Gasteiger partial charge in [0.1, 0.15) is 0 Å². The summed E-state index contributed by atoms with van der Waals surface area (Å²) in [5.41, 5.74) is 1.24. The third-order valence-electron chi connectivity index (χ3n) is 2.30. The topological polar surface area (TPSA) is 72.2 Å². The van der Waals surface area contributed by atoms with Gasteiger partial charge in [0.2, 0.25) is 0 Å². The molecule has 0 aliphatic carbocycles. The predicted octanol–water partition coefficient (Wildman–Crippen LogP) is 1.65. The minimum Gasteiger partial charge on any atom is -0.478 e. The van der Waals surface area contributed by atoms with Gasteiger partial charge in [0, 0.05) is 7.05 Å². The van der Waals surface area contributed by atoms with Crippen molar-refractivity contribution in [3.63, 3.8) is 0 Å². The fourth-order valence-corrected chi connectivity index (χ4v) is 1.67. The number of aromatic nitrogens is 2. The van der Waals surface area contributed by atoms with Gasteiger partial charge in [0.15, 0.2) is 5.82 Å². The zero-order chi connectivity index (χ0) is 11.9. The van der Waals surface area contributed by atoms with Crippen LogP contribution in [0.2, 0.25) is 0 Å². The van der Waals surface area contributed by atoms with E-state index in [2.05, 4.69) is 4.98 Å². The van der Waals surface area contributed by atoms with Crippen LogP contribution in [0.25, 0.3) is 11.0 Å². The van der Waals surface area contributed by atoms with Gasteiger partial charge in [-0.15, -0.1) is 0 Å². The quantitative estimate of drug-likeness (QED) is 0.808. The summed E-state index contributed by atoms with van der Waals surface area (Å²) in [5.74, 6) is -0.930. The molecule has 0 saturated carbocycles. The minimum atomic E-state index is -1.03. The summed E-state index contributed by atoms with van der Waals surface area (Å²) in [4.78, 5) is 25.8. The lowest BCUT2D eigenvalue weighted by Crippen LogP contribution is -2.01. The van der Waals surface area contributed by atoms with E-state index in [1.165, 1.54) is 16.7 Å². The number of carboxylic acid groups (broad SMARTS) is 1. The fraction of sp³-hybridized carbons (Fsp3) is 0.100. The Balaban J connectivity index is 2.73. The average molecular weight is 239 g/mol. The van der Waals surface area contributed by atoms with Gasteiger partial charge < -0.3 is 9.67 Å². The number of carboxylic acids is 1. The molecule has 0 atom stereocenters. The standard InChI is InChI=1S/C10H7ClN2O3/c1-13-7-4-5(10(15)16)2-3-6(7)12-9(13)8(11)14/h2-4H,1H3,(H,15,16). The molecule has 0 amide bonds. The number of fused-ring (bicyclic) bond motifs is 1. The van der Waals surface area contributed by atoms with Gasteiger partial charge in [-0.25, -0.2) is 9.78 Å². The van der Waals surface area contributed by atoms with Crippen LogP contribution in [-0.4, -0.2) is 25.9 Å². The summed E-state index contributed by atoms with van der Waals surface area (Å²) < 4.78 is 1.47. The van der Waals surface area contributed by atoms with E-state index in [1.807, 2.05) is 0 Å². The molecule has 1 N–H and O–H groups in total. The van der Waals surface area contributed by atoms with Gasteiger partial charge in [-0.2, -0.15) is 0 Å². The Morgan fingerprint density at radius 3 is 2.69 bits per heavy atom. The molecule has 16 heavy (non-hydrogen) atoms. The molecule has 0 saturated heterocycles. The van der Waals surface area contributed by atoms with Crippen LogP contribution in [0.4, 0.5) is 0 Å². The van der Waals surface area contributed by atoms with Crippen molar-refractivity contribution < 1.29 is 14.7 Å². The molecule has 82 valence electrons. The lowest BCUT2D eigenvalue weighted by Gasteiger charge is -1.98. The van der Waals surface area contributed by atoms with Crippen LogP contribution in [0.1, 0.15) is 21.0 Å². The predicted molar refractivity (Wildman–Crippen MR) is 57.9 cm³/mol. The monoisotopic (exact) mass is 238 g/mol. The van der Waals surface area contributed by atoms with Crippen molar-refractivity contribution in [3.05, 3.63) is 29.6 Å². The molecule has 2 aromatic rings. The molecule has 0 fully saturated rings. The van der Waals surface area contributed by atoms with Crippen LogP contribution in [0, 0.1) is 0 Å². The SMILES string of the molecule is Cn1c(C(=O)Cl)nc2ccc(C(=O)O)cc21. The molecule has 0 aliphatic heterocycles. The fourth-order valence-electron chi connectivity index (χ4n) is 1.50. The highest BCUT2D eigenvalue weighted by molar-refractivity contribution is 6.67. The number of halogens is 1. The summed E-state index contributed by atoms with van der Waals surface area (Å²) >= 11 is 5.34.